The minimum absolute atomic E-state index is 0.123. The number of hydrogen-bond acceptors (Lipinski definition) is 4. The number of benzene rings is 3. The van der Waals surface area contributed by atoms with Gasteiger partial charge in [-0.2, -0.15) is 0 Å². The van der Waals surface area contributed by atoms with Crippen LogP contribution in [-0.4, -0.2) is 10.9 Å². The molecule has 0 aliphatic rings. The molecule has 0 saturated carbocycles. The van der Waals surface area contributed by atoms with Crippen molar-refractivity contribution in [3.63, 3.8) is 0 Å². The quantitative estimate of drug-likeness (QED) is 0.375. The Morgan fingerprint density at radius 1 is 0.966 bits per heavy atom. The van der Waals surface area contributed by atoms with E-state index in [2.05, 4.69) is 15.6 Å². The summed E-state index contributed by atoms with van der Waals surface area (Å²) in [5.74, 6) is -0.123. The molecule has 0 aliphatic carbocycles. The average molecular weight is 420 g/mol. The van der Waals surface area contributed by atoms with E-state index in [0.717, 1.165) is 33.3 Å². The van der Waals surface area contributed by atoms with Gasteiger partial charge in [-0.15, -0.1) is 11.3 Å². The van der Waals surface area contributed by atoms with Crippen LogP contribution in [-0.2, 0) is 0 Å². The second-order valence-electron chi connectivity index (χ2n) is 6.52. The SMILES string of the molecule is Cc1ccccc1C(=O)Nc1cccc(-c2csc(Nc3cccc(Cl)c3)n2)c1. The molecule has 4 aromatic rings. The summed E-state index contributed by atoms with van der Waals surface area (Å²) >= 11 is 7.54. The standard InChI is InChI=1S/C23H18ClN3OS/c1-15-6-2-3-11-20(15)22(28)25-18-9-4-7-16(12-18)21-14-29-23(27-21)26-19-10-5-8-17(24)13-19/h2-14H,1H3,(H,25,28)(H,26,27). The van der Waals surface area contributed by atoms with Gasteiger partial charge in [0.2, 0.25) is 0 Å². The molecule has 0 radical (unpaired) electrons. The molecular weight excluding hydrogens is 402 g/mol. The predicted octanol–water partition coefficient (Wildman–Crippen LogP) is 6.77. The van der Waals surface area contributed by atoms with Gasteiger partial charge >= 0.3 is 0 Å². The third-order valence-electron chi connectivity index (χ3n) is 4.39. The lowest BCUT2D eigenvalue weighted by atomic mass is 10.1. The van der Waals surface area contributed by atoms with E-state index in [9.17, 15) is 4.79 Å². The van der Waals surface area contributed by atoms with Crippen LogP contribution in [0, 0.1) is 6.92 Å². The van der Waals surface area contributed by atoms with E-state index in [-0.39, 0.29) is 5.91 Å². The fourth-order valence-corrected chi connectivity index (χ4v) is 3.87. The first-order valence-corrected chi connectivity index (χ1v) is 10.3. The lowest BCUT2D eigenvalue weighted by Gasteiger charge is -2.08. The molecule has 1 heterocycles. The maximum Gasteiger partial charge on any atom is 0.255 e. The number of carbonyl (C=O) groups is 1. The smallest absolute Gasteiger partial charge is 0.255 e. The van der Waals surface area contributed by atoms with Crippen molar-refractivity contribution in [2.75, 3.05) is 10.6 Å². The van der Waals surface area contributed by atoms with E-state index in [0.29, 0.717) is 10.6 Å². The van der Waals surface area contributed by atoms with E-state index < -0.39 is 0 Å². The molecule has 0 fully saturated rings. The minimum Gasteiger partial charge on any atom is -0.331 e. The molecule has 1 amide bonds. The predicted molar refractivity (Wildman–Crippen MR) is 121 cm³/mol. The zero-order chi connectivity index (χ0) is 20.2. The molecule has 4 rings (SSSR count). The number of aryl methyl sites for hydroxylation is 1. The molecule has 0 saturated heterocycles. The maximum atomic E-state index is 12.6. The number of amides is 1. The van der Waals surface area contributed by atoms with Crippen molar-refractivity contribution < 1.29 is 4.79 Å². The maximum absolute atomic E-state index is 12.6. The highest BCUT2D eigenvalue weighted by molar-refractivity contribution is 7.14. The van der Waals surface area contributed by atoms with Crippen LogP contribution in [0.2, 0.25) is 5.02 Å². The van der Waals surface area contributed by atoms with Gasteiger partial charge in [-0.3, -0.25) is 4.79 Å². The Hall–Kier alpha value is -3.15. The van der Waals surface area contributed by atoms with Crippen LogP contribution in [0.1, 0.15) is 15.9 Å². The van der Waals surface area contributed by atoms with Crippen LogP contribution in [0.5, 0.6) is 0 Å². The van der Waals surface area contributed by atoms with Gasteiger partial charge in [0.1, 0.15) is 0 Å². The van der Waals surface area contributed by atoms with E-state index in [1.54, 1.807) is 0 Å². The number of aromatic nitrogens is 1. The first-order valence-electron chi connectivity index (χ1n) is 9.04. The minimum atomic E-state index is -0.123. The van der Waals surface area contributed by atoms with E-state index in [1.165, 1.54) is 11.3 Å². The van der Waals surface area contributed by atoms with Crippen LogP contribution in [0.25, 0.3) is 11.3 Å². The Bertz CT molecular complexity index is 1170. The van der Waals surface area contributed by atoms with Gasteiger partial charge in [0.05, 0.1) is 5.69 Å². The average Bonchev–Trinajstić information content (AvgIpc) is 3.17. The topological polar surface area (TPSA) is 54.0 Å². The number of hydrogen-bond donors (Lipinski definition) is 2. The first kappa shape index (κ1) is 19.2. The van der Waals surface area contributed by atoms with Crippen molar-refractivity contribution in [1.82, 2.24) is 4.98 Å². The van der Waals surface area contributed by atoms with E-state index in [1.807, 2.05) is 85.1 Å². The van der Waals surface area contributed by atoms with Crippen LogP contribution >= 0.6 is 22.9 Å². The Balaban J connectivity index is 1.51. The number of halogens is 1. The molecular formula is C23H18ClN3OS. The molecule has 4 nitrogen and oxygen atoms in total. The molecule has 0 unspecified atom stereocenters. The number of carbonyl (C=O) groups excluding carboxylic acids is 1. The zero-order valence-corrected chi connectivity index (χ0v) is 17.2. The summed E-state index contributed by atoms with van der Waals surface area (Å²) < 4.78 is 0. The zero-order valence-electron chi connectivity index (χ0n) is 15.6. The molecule has 0 bridgehead atoms. The van der Waals surface area contributed by atoms with Gasteiger partial charge in [0, 0.05) is 32.9 Å². The summed E-state index contributed by atoms with van der Waals surface area (Å²) in [6.45, 7) is 1.93. The van der Waals surface area contributed by atoms with Crippen molar-refractivity contribution in [2.24, 2.45) is 0 Å². The Kier molecular flexibility index (Phi) is 5.60. The Morgan fingerprint density at radius 2 is 1.76 bits per heavy atom. The Morgan fingerprint density at radius 3 is 2.59 bits per heavy atom. The van der Waals surface area contributed by atoms with E-state index >= 15 is 0 Å². The number of thiazole rings is 1. The van der Waals surface area contributed by atoms with Crippen LogP contribution < -0.4 is 10.6 Å². The number of nitrogens with one attached hydrogen (secondary N) is 2. The molecule has 144 valence electrons. The third-order valence-corrected chi connectivity index (χ3v) is 5.38. The molecule has 29 heavy (non-hydrogen) atoms. The first-order chi connectivity index (χ1) is 14.1. The number of anilines is 3. The second-order valence-corrected chi connectivity index (χ2v) is 7.82. The fraction of sp³-hybridized carbons (Fsp3) is 0.0435. The fourth-order valence-electron chi connectivity index (χ4n) is 2.94. The summed E-state index contributed by atoms with van der Waals surface area (Å²) in [5, 5.41) is 9.66. The van der Waals surface area contributed by atoms with Crippen molar-refractivity contribution in [3.05, 3.63) is 94.3 Å². The molecule has 3 aromatic carbocycles. The summed E-state index contributed by atoms with van der Waals surface area (Å²) in [6, 6.07) is 22.7. The van der Waals surface area contributed by atoms with Gasteiger partial charge in [-0.25, -0.2) is 4.98 Å². The molecule has 0 aliphatic heterocycles. The largest absolute Gasteiger partial charge is 0.331 e. The molecule has 0 atom stereocenters. The van der Waals surface area contributed by atoms with Crippen molar-refractivity contribution in [2.45, 2.75) is 6.92 Å². The van der Waals surface area contributed by atoms with Gasteiger partial charge in [-0.05, 0) is 48.9 Å². The highest BCUT2D eigenvalue weighted by atomic mass is 35.5. The van der Waals surface area contributed by atoms with Crippen LogP contribution in [0.4, 0.5) is 16.5 Å². The normalized spacial score (nSPS) is 10.6. The summed E-state index contributed by atoms with van der Waals surface area (Å²) in [7, 11) is 0. The van der Waals surface area contributed by atoms with Crippen molar-refractivity contribution >= 4 is 45.4 Å². The van der Waals surface area contributed by atoms with Crippen LogP contribution in [0.3, 0.4) is 0 Å². The molecule has 6 heteroatoms. The number of nitrogens with zero attached hydrogens (tertiary/aromatic N) is 1. The molecule has 1 aromatic heterocycles. The summed E-state index contributed by atoms with van der Waals surface area (Å²) in [6.07, 6.45) is 0. The van der Waals surface area contributed by atoms with Gasteiger partial charge in [0.15, 0.2) is 5.13 Å². The van der Waals surface area contributed by atoms with Gasteiger partial charge in [0.25, 0.3) is 5.91 Å². The highest BCUT2D eigenvalue weighted by Crippen LogP contribution is 2.29. The van der Waals surface area contributed by atoms with Crippen molar-refractivity contribution in [3.8, 4) is 11.3 Å². The van der Waals surface area contributed by atoms with Gasteiger partial charge in [-0.1, -0.05) is 48.0 Å². The Labute approximate surface area is 178 Å². The highest BCUT2D eigenvalue weighted by Gasteiger charge is 2.10. The summed E-state index contributed by atoms with van der Waals surface area (Å²) in [4.78, 5) is 17.2. The molecule has 0 spiro atoms. The molecule has 2 N–H and O–H groups in total. The number of rotatable bonds is 5. The van der Waals surface area contributed by atoms with Crippen molar-refractivity contribution in [1.29, 1.82) is 0 Å². The van der Waals surface area contributed by atoms with Crippen LogP contribution in [0.15, 0.2) is 78.2 Å². The lowest BCUT2D eigenvalue weighted by Crippen LogP contribution is -2.13. The summed E-state index contributed by atoms with van der Waals surface area (Å²) in [5.41, 5.74) is 5.00. The third kappa shape index (κ3) is 4.65. The lowest BCUT2D eigenvalue weighted by molar-refractivity contribution is 0.102. The van der Waals surface area contributed by atoms with Gasteiger partial charge < -0.3 is 10.6 Å². The second kappa shape index (κ2) is 8.47. The monoisotopic (exact) mass is 419 g/mol. The van der Waals surface area contributed by atoms with E-state index in [4.69, 9.17) is 11.6 Å².